The van der Waals surface area contributed by atoms with Crippen LogP contribution in [0.25, 0.3) is 0 Å². The van der Waals surface area contributed by atoms with E-state index in [9.17, 15) is 9.59 Å². The van der Waals surface area contributed by atoms with Crippen molar-refractivity contribution < 1.29 is 9.59 Å². The largest absolute Gasteiger partial charge is 0.359 e. The normalized spacial score (nSPS) is 15.6. The Balaban J connectivity index is 1.36. The van der Waals surface area contributed by atoms with Crippen molar-refractivity contribution in [1.82, 2.24) is 15.3 Å². The maximum Gasteiger partial charge on any atom is 0.253 e. The van der Waals surface area contributed by atoms with Crippen LogP contribution in [0.5, 0.6) is 0 Å². The Labute approximate surface area is 171 Å². The number of benzene rings is 1. The van der Waals surface area contributed by atoms with Gasteiger partial charge in [-0.05, 0) is 30.0 Å². The lowest BCUT2D eigenvalue weighted by atomic mass is 10.1. The first-order chi connectivity index (χ1) is 14.2. The highest BCUT2D eigenvalue weighted by Crippen LogP contribution is 2.30. The Kier molecular flexibility index (Phi) is 4.48. The number of carbonyl (C=O) groups is 2. The van der Waals surface area contributed by atoms with Crippen LogP contribution in [0.2, 0.25) is 0 Å². The second-order valence-electron chi connectivity index (χ2n) is 7.25. The lowest BCUT2D eigenvalue weighted by Crippen LogP contribution is -2.40. The van der Waals surface area contributed by atoms with Gasteiger partial charge >= 0.3 is 0 Å². The number of aromatic nitrogens is 2. The molecular formula is C21H19N5O2S. The zero-order chi connectivity index (χ0) is 19.8. The molecule has 2 amide bonds. The molecule has 0 atom stereocenters. The number of carbonyl (C=O) groups excluding carboxylic acids is 2. The van der Waals surface area contributed by atoms with E-state index >= 15 is 0 Å². The smallest absolute Gasteiger partial charge is 0.253 e. The molecule has 1 aliphatic heterocycles. The first-order valence-corrected chi connectivity index (χ1v) is 10.4. The van der Waals surface area contributed by atoms with E-state index < -0.39 is 0 Å². The molecule has 3 heterocycles. The predicted molar refractivity (Wildman–Crippen MR) is 111 cm³/mol. The van der Waals surface area contributed by atoms with Gasteiger partial charge in [0.2, 0.25) is 5.91 Å². The molecule has 0 fully saturated rings. The molecule has 1 aromatic carbocycles. The molecule has 146 valence electrons. The summed E-state index contributed by atoms with van der Waals surface area (Å²) in [6.45, 7) is 0.539. The van der Waals surface area contributed by atoms with Crippen molar-refractivity contribution in [2.75, 3.05) is 16.8 Å². The minimum atomic E-state index is -0.176. The fourth-order valence-electron chi connectivity index (χ4n) is 3.89. The number of pyridine rings is 1. The quantitative estimate of drug-likeness (QED) is 0.696. The Morgan fingerprint density at radius 2 is 2.03 bits per heavy atom. The molecule has 7 nitrogen and oxygen atoms in total. The van der Waals surface area contributed by atoms with Gasteiger partial charge in [-0.3, -0.25) is 9.59 Å². The SMILES string of the molecule is O=C(NC1Cc2ccccc2C1)c1cnc2c(c1)N(Cc1cscn1)C(=O)CN2. The van der Waals surface area contributed by atoms with Gasteiger partial charge in [-0.15, -0.1) is 11.3 Å². The van der Waals surface area contributed by atoms with Crippen LogP contribution in [0, 0.1) is 0 Å². The summed E-state index contributed by atoms with van der Waals surface area (Å²) >= 11 is 1.49. The average molecular weight is 405 g/mol. The molecule has 0 radical (unpaired) electrons. The molecule has 29 heavy (non-hydrogen) atoms. The van der Waals surface area contributed by atoms with E-state index in [1.54, 1.807) is 22.7 Å². The van der Waals surface area contributed by atoms with Crippen LogP contribution in [0.3, 0.4) is 0 Å². The molecule has 2 N–H and O–H groups in total. The molecule has 0 saturated carbocycles. The number of amides is 2. The highest BCUT2D eigenvalue weighted by atomic mass is 32.1. The summed E-state index contributed by atoms with van der Waals surface area (Å²) in [6.07, 6.45) is 3.21. The zero-order valence-corrected chi connectivity index (χ0v) is 16.4. The molecule has 2 aromatic heterocycles. The fourth-order valence-corrected chi connectivity index (χ4v) is 4.44. The molecule has 0 spiro atoms. The van der Waals surface area contributed by atoms with Crippen LogP contribution in [0.1, 0.15) is 27.2 Å². The third kappa shape index (κ3) is 3.47. The van der Waals surface area contributed by atoms with Crippen LogP contribution in [0.4, 0.5) is 11.5 Å². The van der Waals surface area contributed by atoms with Crippen molar-refractivity contribution >= 4 is 34.7 Å². The maximum atomic E-state index is 12.9. The van der Waals surface area contributed by atoms with E-state index in [1.165, 1.54) is 22.5 Å². The Morgan fingerprint density at radius 3 is 2.76 bits per heavy atom. The zero-order valence-electron chi connectivity index (χ0n) is 15.6. The molecule has 1 aliphatic carbocycles. The number of thiazole rings is 1. The van der Waals surface area contributed by atoms with Crippen LogP contribution >= 0.6 is 11.3 Å². The molecule has 2 aliphatic rings. The van der Waals surface area contributed by atoms with Gasteiger partial charge in [-0.2, -0.15) is 0 Å². The Morgan fingerprint density at radius 1 is 1.24 bits per heavy atom. The number of rotatable bonds is 4. The van der Waals surface area contributed by atoms with E-state index in [-0.39, 0.29) is 24.4 Å². The highest BCUT2D eigenvalue weighted by Gasteiger charge is 2.28. The van der Waals surface area contributed by atoms with Crippen molar-refractivity contribution in [3.8, 4) is 0 Å². The molecule has 3 aromatic rings. The maximum absolute atomic E-state index is 12.9. The third-order valence-electron chi connectivity index (χ3n) is 5.32. The van der Waals surface area contributed by atoms with Crippen molar-refractivity contribution in [1.29, 1.82) is 0 Å². The average Bonchev–Trinajstić information content (AvgIpc) is 3.38. The standard InChI is InChI=1S/C21H19N5O2S/c27-19-9-23-20-18(26(19)10-17-11-29-12-24-17)7-15(8-22-20)21(28)25-16-5-13-3-1-2-4-14(13)6-16/h1-4,7-8,11-12,16H,5-6,9-10H2,(H,22,23)(H,25,28). The number of hydrogen-bond donors (Lipinski definition) is 2. The van der Waals surface area contributed by atoms with Crippen molar-refractivity contribution in [3.05, 3.63) is 69.8 Å². The summed E-state index contributed by atoms with van der Waals surface area (Å²) in [6, 6.07) is 10.1. The van der Waals surface area contributed by atoms with Gasteiger partial charge in [0.1, 0.15) is 0 Å². The van der Waals surface area contributed by atoms with Gasteiger partial charge < -0.3 is 15.5 Å². The molecule has 0 bridgehead atoms. The fraction of sp³-hybridized carbons (Fsp3) is 0.238. The van der Waals surface area contributed by atoms with Crippen molar-refractivity contribution in [2.45, 2.75) is 25.4 Å². The third-order valence-corrected chi connectivity index (χ3v) is 5.95. The summed E-state index contributed by atoms with van der Waals surface area (Å²) in [4.78, 5) is 35.6. The molecule has 5 rings (SSSR count). The van der Waals surface area contributed by atoms with E-state index in [2.05, 4.69) is 32.7 Å². The Bertz CT molecular complexity index is 1060. The summed E-state index contributed by atoms with van der Waals surface area (Å²) < 4.78 is 0. The predicted octanol–water partition coefficient (Wildman–Crippen LogP) is 2.39. The van der Waals surface area contributed by atoms with Crippen molar-refractivity contribution in [2.24, 2.45) is 0 Å². The topological polar surface area (TPSA) is 87.2 Å². The van der Waals surface area contributed by atoms with Gasteiger partial charge in [0.25, 0.3) is 5.91 Å². The van der Waals surface area contributed by atoms with E-state index in [0.717, 1.165) is 18.5 Å². The summed E-state index contributed by atoms with van der Waals surface area (Å²) in [7, 11) is 0. The first-order valence-electron chi connectivity index (χ1n) is 9.46. The van der Waals surface area contributed by atoms with E-state index in [0.29, 0.717) is 23.6 Å². The lowest BCUT2D eigenvalue weighted by molar-refractivity contribution is -0.117. The van der Waals surface area contributed by atoms with Gasteiger partial charge in [-0.1, -0.05) is 24.3 Å². The second kappa shape index (κ2) is 7.29. The second-order valence-corrected chi connectivity index (χ2v) is 7.97. The summed E-state index contributed by atoms with van der Waals surface area (Å²) in [5.74, 6) is 0.352. The van der Waals surface area contributed by atoms with Crippen molar-refractivity contribution in [3.63, 3.8) is 0 Å². The lowest BCUT2D eigenvalue weighted by Gasteiger charge is -2.29. The van der Waals surface area contributed by atoms with Gasteiger partial charge in [0.15, 0.2) is 5.82 Å². The van der Waals surface area contributed by atoms with E-state index in [4.69, 9.17) is 0 Å². The Hall–Kier alpha value is -3.26. The molecule has 0 unspecified atom stereocenters. The number of fused-ring (bicyclic) bond motifs is 2. The highest BCUT2D eigenvalue weighted by molar-refractivity contribution is 7.07. The van der Waals surface area contributed by atoms with Crippen LogP contribution in [-0.2, 0) is 24.2 Å². The number of anilines is 2. The molecule has 8 heteroatoms. The van der Waals surface area contributed by atoms with Crippen LogP contribution in [0.15, 0.2) is 47.4 Å². The number of nitrogens with zero attached hydrogens (tertiary/aromatic N) is 3. The van der Waals surface area contributed by atoms with Crippen LogP contribution < -0.4 is 15.5 Å². The minimum absolute atomic E-state index is 0.0711. The molecule has 0 saturated heterocycles. The number of hydrogen-bond acceptors (Lipinski definition) is 6. The summed E-state index contributed by atoms with van der Waals surface area (Å²) in [5.41, 5.74) is 6.17. The summed E-state index contributed by atoms with van der Waals surface area (Å²) in [5, 5.41) is 8.04. The van der Waals surface area contributed by atoms with Gasteiger partial charge in [0.05, 0.1) is 35.5 Å². The monoisotopic (exact) mass is 405 g/mol. The molecular weight excluding hydrogens is 386 g/mol. The van der Waals surface area contributed by atoms with Gasteiger partial charge in [-0.25, -0.2) is 9.97 Å². The first kappa shape index (κ1) is 17.8. The van der Waals surface area contributed by atoms with Gasteiger partial charge in [0, 0.05) is 17.6 Å². The van der Waals surface area contributed by atoms with E-state index in [1.807, 2.05) is 17.5 Å². The number of nitrogens with one attached hydrogen (secondary N) is 2. The minimum Gasteiger partial charge on any atom is -0.359 e. The van der Waals surface area contributed by atoms with Crippen LogP contribution in [-0.4, -0.2) is 34.4 Å².